The Hall–Kier alpha value is -0.580. The number of carbonyl (C=O) groups is 1. The molecule has 2 rings (SSSR count). The van der Waals surface area contributed by atoms with Crippen LogP contribution in [0.3, 0.4) is 0 Å². The van der Waals surface area contributed by atoms with Crippen LogP contribution in [0.15, 0.2) is 24.3 Å². The molecule has 0 amide bonds. The summed E-state index contributed by atoms with van der Waals surface area (Å²) in [7, 11) is 0. The summed E-state index contributed by atoms with van der Waals surface area (Å²) >= 11 is 9.44. The molecule has 0 aromatic heterocycles. The van der Waals surface area contributed by atoms with E-state index in [0.29, 0.717) is 19.6 Å². The third kappa shape index (κ3) is 4.21. The van der Waals surface area contributed by atoms with Gasteiger partial charge in [-0.05, 0) is 37.5 Å². The number of alkyl halides is 1. The first-order valence-corrected chi connectivity index (χ1v) is 8.06. The lowest BCUT2D eigenvalue weighted by atomic mass is 10.1. The molecule has 0 aliphatic heterocycles. The number of rotatable bonds is 5. The second kappa shape index (κ2) is 7.43. The Morgan fingerprint density at radius 3 is 2.70 bits per heavy atom. The van der Waals surface area contributed by atoms with Gasteiger partial charge in [-0.15, -0.1) is 0 Å². The van der Waals surface area contributed by atoms with Gasteiger partial charge in [0.15, 0.2) is 0 Å². The van der Waals surface area contributed by atoms with Gasteiger partial charge in [0.1, 0.15) is 0 Å². The van der Waals surface area contributed by atoms with Crippen molar-refractivity contribution in [1.82, 2.24) is 0 Å². The van der Waals surface area contributed by atoms with Gasteiger partial charge in [-0.3, -0.25) is 4.79 Å². The van der Waals surface area contributed by atoms with Gasteiger partial charge < -0.3 is 9.47 Å². The van der Waals surface area contributed by atoms with Crippen molar-refractivity contribution in [2.45, 2.75) is 37.3 Å². The van der Waals surface area contributed by atoms with Crippen LogP contribution in [0.4, 0.5) is 0 Å². The Morgan fingerprint density at radius 1 is 1.35 bits per heavy atom. The Bertz CT molecular complexity index is 449. The largest absolute Gasteiger partial charge is 0.466 e. The second-order valence-corrected chi connectivity index (χ2v) is 6.52. The molecular formula is C15H18BrClO3. The Balaban J connectivity index is 1.84. The monoisotopic (exact) mass is 360 g/mol. The molecule has 1 aromatic carbocycles. The third-order valence-electron chi connectivity index (χ3n) is 3.43. The fourth-order valence-corrected chi connectivity index (χ4v) is 3.30. The molecule has 0 heterocycles. The van der Waals surface area contributed by atoms with Crippen LogP contribution in [0.5, 0.6) is 0 Å². The predicted molar refractivity (Wildman–Crippen MR) is 82.1 cm³/mol. The number of benzene rings is 1. The van der Waals surface area contributed by atoms with E-state index in [-0.39, 0.29) is 22.8 Å². The minimum absolute atomic E-state index is 0.0417. The van der Waals surface area contributed by atoms with Gasteiger partial charge in [-0.25, -0.2) is 0 Å². The molecule has 3 nitrogen and oxygen atoms in total. The standard InChI is InChI=1S/C15H18BrClO3/c1-2-19-15(18)11-7-13(16)14(8-11)20-9-10-3-5-12(17)6-4-10/h3-6,11,13-14H,2,7-9H2,1H3. The topological polar surface area (TPSA) is 35.5 Å². The fraction of sp³-hybridized carbons (Fsp3) is 0.533. The number of carbonyl (C=O) groups excluding carboxylic acids is 1. The molecule has 0 bridgehead atoms. The highest BCUT2D eigenvalue weighted by atomic mass is 79.9. The van der Waals surface area contributed by atoms with Gasteiger partial charge in [0.25, 0.3) is 0 Å². The average molecular weight is 362 g/mol. The molecule has 5 heteroatoms. The van der Waals surface area contributed by atoms with Crippen LogP contribution in [0.1, 0.15) is 25.3 Å². The molecule has 1 saturated carbocycles. The van der Waals surface area contributed by atoms with Crippen molar-refractivity contribution >= 4 is 33.5 Å². The van der Waals surface area contributed by atoms with Crippen LogP contribution < -0.4 is 0 Å². The van der Waals surface area contributed by atoms with Crippen molar-refractivity contribution in [3.63, 3.8) is 0 Å². The van der Waals surface area contributed by atoms with Gasteiger partial charge in [-0.2, -0.15) is 0 Å². The lowest BCUT2D eigenvalue weighted by Gasteiger charge is -2.15. The average Bonchev–Trinajstić information content (AvgIpc) is 2.80. The lowest BCUT2D eigenvalue weighted by molar-refractivity contribution is -0.148. The van der Waals surface area contributed by atoms with E-state index in [2.05, 4.69) is 15.9 Å². The molecule has 1 fully saturated rings. The van der Waals surface area contributed by atoms with E-state index in [1.54, 1.807) is 0 Å². The van der Waals surface area contributed by atoms with Crippen molar-refractivity contribution in [2.24, 2.45) is 5.92 Å². The van der Waals surface area contributed by atoms with Crippen molar-refractivity contribution in [3.8, 4) is 0 Å². The predicted octanol–water partition coefficient (Wildman–Crippen LogP) is 3.96. The molecule has 0 spiro atoms. The summed E-state index contributed by atoms with van der Waals surface area (Å²) in [5.74, 6) is -0.177. The summed E-state index contributed by atoms with van der Waals surface area (Å²) in [5, 5.41) is 0.718. The van der Waals surface area contributed by atoms with E-state index in [1.807, 2.05) is 31.2 Å². The lowest BCUT2D eigenvalue weighted by Crippen LogP contribution is -2.18. The highest BCUT2D eigenvalue weighted by Crippen LogP contribution is 2.34. The van der Waals surface area contributed by atoms with Gasteiger partial charge >= 0.3 is 5.97 Å². The number of hydrogen-bond donors (Lipinski definition) is 0. The van der Waals surface area contributed by atoms with Gasteiger partial charge in [0.2, 0.25) is 0 Å². The fourth-order valence-electron chi connectivity index (χ4n) is 2.36. The first kappa shape index (κ1) is 15.8. The summed E-state index contributed by atoms with van der Waals surface area (Å²) in [6.07, 6.45) is 1.52. The summed E-state index contributed by atoms with van der Waals surface area (Å²) in [5.41, 5.74) is 1.08. The zero-order valence-corrected chi connectivity index (χ0v) is 13.7. The minimum atomic E-state index is -0.116. The molecule has 3 atom stereocenters. The molecule has 1 aliphatic rings. The zero-order valence-electron chi connectivity index (χ0n) is 11.4. The molecule has 0 radical (unpaired) electrons. The molecular weight excluding hydrogens is 344 g/mol. The first-order chi connectivity index (χ1) is 9.60. The summed E-state index contributed by atoms with van der Waals surface area (Å²) in [6.45, 7) is 2.78. The maximum Gasteiger partial charge on any atom is 0.309 e. The van der Waals surface area contributed by atoms with Gasteiger partial charge in [0.05, 0.1) is 25.2 Å². The zero-order chi connectivity index (χ0) is 14.5. The highest BCUT2D eigenvalue weighted by molar-refractivity contribution is 9.09. The van der Waals surface area contributed by atoms with E-state index in [9.17, 15) is 4.79 Å². The van der Waals surface area contributed by atoms with Crippen LogP contribution in [0, 0.1) is 5.92 Å². The van der Waals surface area contributed by atoms with Gasteiger partial charge in [-0.1, -0.05) is 39.7 Å². The van der Waals surface area contributed by atoms with E-state index >= 15 is 0 Å². The Labute approximate surface area is 132 Å². The second-order valence-electron chi connectivity index (χ2n) is 4.91. The molecule has 0 saturated heterocycles. The van der Waals surface area contributed by atoms with Crippen LogP contribution in [0.2, 0.25) is 5.02 Å². The summed E-state index contributed by atoms with van der Waals surface area (Å²) in [6, 6.07) is 7.59. The quantitative estimate of drug-likeness (QED) is 0.588. The van der Waals surface area contributed by atoms with Crippen LogP contribution >= 0.6 is 27.5 Å². The Morgan fingerprint density at radius 2 is 2.05 bits per heavy atom. The summed E-state index contributed by atoms with van der Waals surface area (Å²) < 4.78 is 11.0. The van der Waals surface area contributed by atoms with Crippen LogP contribution in [0.25, 0.3) is 0 Å². The highest BCUT2D eigenvalue weighted by Gasteiger charge is 2.37. The third-order valence-corrected chi connectivity index (χ3v) is 4.64. The van der Waals surface area contributed by atoms with E-state index in [1.165, 1.54) is 0 Å². The molecule has 20 heavy (non-hydrogen) atoms. The minimum Gasteiger partial charge on any atom is -0.466 e. The molecule has 3 unspecified atom stereocenters. The Kier molecular flexibility index (Phi) is 5.87. The number of ether oxygens (including phenoxy) is 2. The van der Waals surface area contributed by atoms with E-state index < -0.39 is 0 Å². The maximum absolute atomic E-state index is 11.7. The van der Waals surface area contributed by atoms with Crippen LogP contribution in [-0.2, 0) is 20.9 Å². The van der Waals surface area contributed by atoms with E-state index in [0.717, 1.165) is 17.0 Å². The molecule has 110 valence electrons. The smallest absolute Gasteiger partial charge is 0.309 e. The number of hydrogen-bond acceptors (Lipinski definition) is 3. The van der Waals surface area contributed by atoms with Crippen molar-refractivity contribution in [1.29, 1.82) is 0 Å². The normalized spacial score (nSPS) is 25.6. The van der Waals surface area contributed by atoms with Crippen LogP contribution in [-0.4, -0.2) is 23.5 Å². The number of halogens is 2. The van der Waals surface area contributed by atoms with Crippen molar-refractivity contribution in [3.05, 3.63) is 34.9 Å². The van der Waals surface area contributed by atoms with Crippen molar-refractivity contribution < 1.29 is 14.3 Å². The first-order valence-electron chi connectivity index (χ1n) is 6.77. The molecule has 1 aliphatic carbocycles. The molecule has 0 N–H and O–H groups in total. The SMILES string of the molecule is CCOC(=O)C1CC(Br)C(OCc2ccc(Cl)cc2)C1. The number of esters is 1. The maximum atomic E-state index is 11.7. The summed E-state index contributed by atoms with van der Waals surface area (Å²) in [4.78, 5) is 11.9. The van der Waals surface area contributed by atoms with Gasteiger partial charge in [0, 0.05) is 9.85 Å². The van der Waals surface area contributed by atoms with E-state index in [4.69, 9.17) is 21.1 Å². The molecule has 1 aromatic rings. The van der Waals surface area contributed by atoms with Crippen molar-refractivity contribution in [2.75, 3.05) is 6.61 Å².